The lowest BCUT2D eigenvalue weighted by atomic mass is 10.1. The Balaban J connectivity index is 4.07. The van der Waals surface area contributed by atoms with E-state index in [4.69, 9.17) is 22.3 Å². The van der Waals surface area contributed by atoms with Crippen molar-refractivity contribution in [3.8, 4) is 0 Å². The molecule has 0 rings (SSSR count). The first-order valence-electron chi connectivity index (χ1n) is 6.35. The largest absolute Gasteiger partial charge is 0.480 e. The highest BCUT2D eigenvalue weighted by Gasteiger charge is 2.19. The SMILES string of the molecule is CC(NC(=O)C(N)CCCN=C(N)N)C(=O)NCC(=O)O. The maximum absolute atomic E-state index is 11.7. The molecule has 10 nitrogen and oxygen atoms in total. The Bertz CT molecular complexity index is 408. The summed E-state index contributed by atoms with van der Waals surface area (Å²) in [5, 5.41) is 13.0. The third kappa shape index (κ3) is 9.21. The Morgan fingerprint density at radius 2 is 1.86 bits per heavy atom. The van der Waals surface area contributed by atoms with Gasteiger partial charge in [0.2, 0.25) is 11.8 Å². The second-order valence-electron chi connectivity index (χ2n) is 4.40. The Hall–Kier alpha value is -2.36. The van der Waals surface area contributed by atoms with E-state index in [0.29, 0.717) is 19.4 Å². The molecule has 0 heterocycles. The number of guanidine groups is 1. The Kier molecular flexibility index (Phi) is 8.46. The van der Waals surface area contributed by atoms with Gasteiger partial charge in [0, 0.05) is 6.54 Å². The molecule has 2 unspecified atom stereocenters. The lowest BCUT2D eigenvalue weighted by Gasteiger charge is -2.16. The number of amides is 2. The first kappa shape index (κ1) is 18.6. The molecule has 21 heavy (non-hydrogen) atoms. The first-order chi connectivity index (χ1) is 9.73. The molecular weight excluding hydrogens is 280 g/mol. The number of nitrogens with two attached hydrogens (primary N) is 3. The number of carbonyl (C=O) groups is 3. The zero-order chi connectivity index (χ0) is 16.4. The number of nitrogens with one attached hydrogen (secondary N) is 2. The van der Waals surface area contributed by atoms with Crippen molar-refractivity contribution in [2.75, 3.05) is 13.1 Å². The number of carboxylic acid groups (broad SMARTS) is 1. The van der Waals surface area contributed by atoms with Gasteiger partial charge in [-0.1, -0.05) is 0 Å². The summed E-state index contributed by atoms with van der Waals surface area (Å²) in [4.78, 5) is 37.2. The molecule has 10 heteroatoms. The van der Waals surface area contributed by atoms with E-state index in [0.717, 1.165) is 0 Å². The predicted octanol–water partition coefficient (Wildman–Crippen LogP) is -2.93. The van der Waals surface area contributed by atoms with Gasteiger partial charge in [0.05, 0.1) is 6.04 Å². The number of hydrogen-bond acceptors (Lipinski definition) is 5. The van der Waals surface area contributed by atoms with Crippen molar-refractivity contribution >= 4 is 23.7 Å². The van der Waals surface area contributed by atoms with Gasteiger partial charge >= 0.3 is 5.97 Å². The molecule has 0 aliphatic heterocycles. The molecule has 9 N–H and O–H groups in total. The van der Waals surface area contributed by atoms with Crippen LogP contribution in [-0.2, 0) is 14.4 Å². The molecule has 0 aliphatic carbocycles. The van der Waals surface area contributed by atoms with E-state index in [2.05, 4.69) is 15.6 Å². The van der Waals surface area contributed by atoms with E-state index in [-0.39, 0.29) is 5.96 Å². The summed E-state index contributed by atoms with van der Waals surface area (Å²) < 4.78 is 0. The van der Waals surface area contributed by atoms with Crippen molar-refractivity contribution in [2.45, 2.75) is 31.8 Å². The van der Waals surface area contributed by atoms with E-state index in [1.807, 2.05) is 0 Å². The van der Waals surface area contributed by atoms with Crippen LogP contribution in [0.15, 0.2) is 4.99 Å². The number of aliphatic imine (C=N–C) groups is 1. The highest BCUT2D eigenvalue weighted by Crippen LogP contribution is 1.96. The van der Waals surface area contributed by atoms with Crippen LogP contribution in [0.5, 0.6) is 0 Å². The van der Waals surface area contributed by atoms with Crippen LogP contribution in [0.1, 0.15) is 19.8 Å². The number of rotatable bonds is 9. The lowest BCUT2D eigenvalue weighted by Crippen LogP contribution is -2.50. The molecule has 0 fully saturated rings. The van der Waals surface area contributed by atoms with Gasteiger partial charge in [0.25, 0.3) is 0 Å². The van der Waals surface area contributed by atoms with Crippen LogP contribution >= 0.6 is 0 Å². The van der Waals surface area contributed by atoms with E-state index in [9.17, 15) is 14.4 Å². The van der Waals surface area contributed by atoms with Gasteiger partial charge < -0.3 is 32.9 Å². The third-order valence-corrected chi connectivity index (χ3v) is 2.47. The van der Waals surface area contributed by atoms with Crippen molar-refractivity contribution in [1.29, 1.82) is 0 Å². The highest BCUT2D eigenvalue weighted by molar-refractivity contribution is 5.90. The van der Waals surface area contributed by atoms with Crippen molar-refractivity contribution in [3.05, 3.63) is 0 Å². The summed E-state index contributed by atoms with van der Waals surface area (Å²) >= 11 is 0. The summed E-state index contributed by atoms with van der Waals surface area (Å²) in [5.41, 5.74) is 16.0. The second kappa shape index (κ2) is 9.53. The van der Waals surface area contributed by atoms with Gasteiger partial charge in [-0.2, -0.15) is 0 Å². The standard InChI is InChI=1S/C11H22N6O4/c1-6(9(20)16-5-8(18)19)17-10(21)7(12)3-2-4-15-11(13)14/h6-7H,2-5,12H2,1H3,(H,16,20)(H,17,21)(H,18,19)(H4,13,14,15). The van der Waals surface area contributed by atoms with Crippen LogP contribution in [0.25, 0.3) is 0 Å². The van der Waals surface area contributed by atoms with Gasteiger partial charge in [0.1, 0.15) is 12.6 Å². The van der Waals surface area contributed by atoms with Crippen molar-refractivity contribution in [1.82, 2.24) is 10.6 Å². The average molecular weight is 302 g/mol. The van der Waals surface area contributed by atoms with E-state index in [1.165, 1.54) is 6.92 Å². The number of aliphatic carboxylic acids is 1. The fourth-order valence-electron chi connectivity index (χ4n) is 1.35. The molecule has 0 saturated carbocycles. The molecule has 0 aliphatic rings. The normalized spacial score (nSPS) is 12.9. The lowest BCUT2D eigenvalue weighted by molar-refractivity contribution is -0.138. The first-order valence-corrected chi connectivity index (χ1v) is 6.35. The highest BCUT2D eigenvalue weighted by atomic mass is 16.4. The van der Waals surface area contributed by atoms with Crippen LogP contribution in [-0.4, -0.2) is 54.0 Å². The number of hydrogen-bond donors (Lipinski definition) is 6. The maximum Gasteiger partial charge on any atom is 0.322 e. The van der Waals surface area contributed by atoms with Crippen LogP contribution < -0.4 is 27.8 Å². The van der Waals surface area contributed by atoms with Crippen LogP contribution in [0.2, 0.25) is 0 Å². The van der Waals surface area contributed by atoms with Crippen molar-refractivity contribution in [3.63, 3.8) is 0 Å². The van der Waals surface area contributed by atoms with Crippen LogP contribution in [0, 0.1) is 0 Å². The molecule has 0 aromatic heterocycles. The van der Waals surface area contributed by atoms with Gasteiger partial charge in [-0.3, -0.25) is 19.4 Å². The van der Waals surface area contributed by atoms with Crippen molar-refractivity contribution < 1.29 is 19.5 Å². The van der Waals surface area contributed by atoms with Gasteiger partial charge in [0.15, 0.2) is 5.96 Å². The Morgan fingerprint density at radius 1 is 1.24 bits per heavy atom. The van der Waals surface area contributed by atoms with Gasteiger partial charge in [-0.05, 0) is 19.8 Å². The molecule has 2 amide bonds. The Morgan fingerprint density at radius 3 is 2.38 bits per heavy atom. The molecule has 0 aromatic carbocycles. The zero-order valence-electron chi connectivity index (χ0n) is 11.8. The average Bonchev–Trinajstić information content (AvgIpc) is 2.39. The molecule has 0 saturated heterocycles. The zero-order valence-corrected chi connectivity index (χ0v) is 11.8. The summed E-state index contributed by atoms with van der Waals surface area (Å²) in [5.74, 6) is -2.30. The fraction of sp³-hybridized carbons (Fsp3) is 0.636. The number of carboxylic acids is 1. The second-order valence-corrected chi connectivity index (χ2v) is 4.40. The number of carbonyl (C=O) groups excluding carboxylic acids is 2. The smallest absolute Gasteiger partial charge is 0.322 e. The van der Waals surface area contributed by atoms with E-state index in [1.54, 1.807) is 0 Å². The van der Waals surface area contributed by atoms with E-state index >= 15 is 0 Å². The minimum absolute atomic E-state index is 0.0308. The summed E-state index contributed by atoms with van der Waals surface area (Å²) in [6, 6.07) is -1.67. The maximum atomic E-state index is 11.7. The monoisotopic (exact) mass is 302 g/mol. The minimum atomic E-state index is -1.17. The molecule has 0 bridgehead atoms. The molecule has 0 spiro atoms. The summed E-state index contributed by atoms with van der Waals surface area (Å²) in [6.45, 7) is 1.28. The summed E-state index contributed by atoms with van der Waals surface area (Å²) in [6.07, 6.45) is 0.873. The minimum Gasteiger partial charge on any atom is -0.480 e. The molecule has 0 radical (unpaired) electrons. The van der Waals surface area contributed by atoms with Crippen molar-refractivity contribution in [2.24, 2.45) is 22.2 Å². The predicted molar refractivity (Wildman–Crippen MR) is 76.1 cm³/mol. The number of nitrogens with zero attached hydrogens (tertiary/aromatic N) is 1. The quantitative estimate of drug-likeness (QED) is 0.149. The van der Waals surface area contributed by atoms with Gasteiger partial charge in [-0.25, -0.2) is 0 Å². The summed E-state index contributed by atoms with van der Waals surface area (Å²) in [7, 11) is 0. The van der Waals surface area contributed by atoms with E-state index < -0.39 is 36.4 Å². The van der Waals surface area contributed by atoms with Crippen LogP contribution in [0.3, 0.4) is 0 Å². The van der Waals surface area contributed by atoms with Crippen LogP contribution in [0.4, 0.5) is 0 Å². The molecule has 120 valence electrons. The molecular formula is C11H22N6O4. The molecule has 0 aromatic rings. The molecule has 2 atom stereocenters. The topological polar surface area (TPSA) is 186 Å². The fourth-order valence-corrected chi connectivity index (χ4v) is 1.35. The third-order valence-electron chi connectivity index (χ3n) is 2.47. The Labute approximate surface area is 122 Å². The van der Waals surface area contributed by atoms with Gasteiger partial charge in [-0.15, -0.1) is 0 Å².